The lowest BCUT2D eigenvalue weighted by atomic mass is 10.0. The van der Waals surface area contributed by atoms with Crippen molar-refractivity contribution >= 4 is 38.7 Å². The molecule has 126 valence electrons. The second-order valence-electron chi connectivity index (χ2n) is 5.58. The third kappa shape index (κ3) is 4.02. The van der Waals surface area contributed by atoms with Crippen LogP contribution < -0.4 is 10.0 Å². The predicted octanol–water partition coefficient (Wildman–Crippen LogP) is 2.39. The zero-order chi connectivity index (χ0) is 18.0. The normalized spacial score (nSPS) is 13.8. The molecular weight excluding hydrogens is 340 g/mol. The van der Waals surface area contributed by atoms with Crippen LogP contribution in [-0.4, -0.2) is 26.3 Å². The number of sulfonamides is 1. The molecule has 0 bridgehead atoms. The highest BCUT2D eigenvalue weighted by Gasteiger charge is 2.18. The van der Waals surface area contributed by atoms with Gasteiger partial charge in [-0.2, -0.15) is 5.26 Å². The quantitative estimate of drug-likeness (QED) is 0.881. The first-order chi connectivity index (χ1) is 11.8. The van der Waals surface area contributed by atoms with E-state index in [2.05, 4.69) is 21.1 Å². The van der Waals surface area contributed by atoms with Gasteiger partial charge in [0.25, 0.3) is 0 Å². The molecule has 1 amide bonds. The first-order valence-electron chi connectivity index (χ1n) is 7.34. The summed E-state index contributed by atoms with van der Waals surface area (Å²) in [5.74, 6) is -0.267. The number of hydrogen-bond acceptors (Lipinski definition) is 5. The number of fused-ring (bicyclic) bond motifs is 1. The highest BCUT2D eigenvalue weighted by Crippen LogP contribution is 2.32. The molecule has 0 aliphatic carbocycles. The molecule has 0 atom stereocenters. The van der Waals surface area contributed by atoms with E-state index in [4.69, 9.17) is 5.26 Å². The lowest BCUT2D eigenvalue weighted by Gasteiger charge is -2.08. The summed E-state index contributed by atoms with van der Waals surface area (Å²) < 4.78 is 25.1. The van der Waals surface area contributed by atoms with E-state index in [9.17, 15) is 13.2 Å². The average molecular weight is 354 g/mol. The van der Waals surface area contributed by atoms with E-state index in [0.29, 0.717) is 33.9 Å². The van der Waals surface area contributed by atoms with Crippen LogP contribution in [0.3, 0.4) is 0 Å². The van der Waals surface area contributed by atoms with Gasteiger partial charge in [0.1, 0.15) is 0 Å². The van der Waals surface area contributed by atoms with Crippen LogP contribution in [0.5, 0.6) is 0 Å². The highest BCUT2D eigenvalue weighted by atomic mass is 32.2. The van der Waals surface area contributed by atoms with E-state index in [0.717, 1.165) is 6.26 Å². The van der Waals surface area contributed by atoms with Gasteiger partial charge in [-0.15, -0.1) is 0 Å². The molecule has 0 saturated carbocycles. The number of rotatable bonds is 3. The summed E-state index contributed by atoms with van der Waals surface area (Å²) in [4.78, 5) is 16.7. The fraction of sp³-hybridized carbons (Fsp3) is 0.118. The van der Waals surface area contributed by atoms with Gasteiger partial charge in [0.2, 0.25) is 15.9 Å². The molecule has 7 nitrogen and oxygen atoms in total. The topological polar surface area (TPSA) is 111 Å². The van der Waals surface area contributed by atoms with Gasteiger partial charge in [0, 0.05) is 0 Å². The molecule has 8 heteroatoms. The maximum atomic E-state index is 12.2. The summed E-state index contributed by atoms with van der Waals surface area (Å²) >= 11 is 0. The Morgan fingerprint density at radius 2 is 2.04 bits per heavy atom. The maximum Gasteiger partial charge on any atom is 0.230 e. The van der Waals surface area contributed by atoms with Gasteiger partial charge in [-0.05, 0) is 35.9 Å². The average Bonchev–Trinajstić information content (AvgIpc) is 2.71. The van der Waals surface area contributed by atoms with E-state index in [1.165, 1.54) is 6.07 Å². The number of amides is 1. The van der Waals surface area contributed by atoms with E-state index in [1.54, 1.807) is 36.4 Å². The molecule has 0 spiro atoms. The summed E-state index contributed by atoms with van der Waals surface area (Å²) in [5, 5.41) is 11.7. The van der Waals surface area contributed by atoms with Crippen LogP contribution in [0.2, 0.25) is 0 Å². The molecule has 2 aromatic carbocycles. The van der Waals surface area contributed by atoms with Gasteiger partial charge in [-0.25, -0.2) is 8.42 Å². The number of anilines is 2. The molecule has 2 aromatic rings. The summed E-state index contributed by atoms with van der Waals surface area (Å²) in [6.45, 7) is 0. The van der Waals surface area contributed by atoms with Crippen molar-refractivity contribution in [1.29, 1.82) is 5.26 Å². The van der Waals surface area contributed by atoms with Crippen LogP contribution in [0.25, 0.3) is 0 Å². The van der Waals surface area contributed by atoms with Gasteiger partial charge in [0.15, 0.2) is 0 Å². The molecule has 0 radical (unpaired) electrons. The van der Waals surface area contributed by atoms with Crippen molar-refractivity contribution in [2.24, 2.45) is 4.99 Å². The largest absolute Gasteiger partial charge is 0.324 e. The van der Waals surface area contributed by atoms with Crippen LogP contribution in [0, 0.1) is 11.3 Å². The molecule has 0 saturated heterocycles. The Hall–Kier alpha value is -3.18. The smallest absolute Gasteiger partial charge is 0.230 e. The Morgan fingerprint density at radius 1 is 1.24 bits per heavy atom. The van der Waals surface area contributed by atoms with Crippen molar-refractivity contribution in [3.63, 3.8) is 0 Å². The Kier molecular flexibility index (Phi) is 4.25. The van der Waals surface area contributed by atoms with Crippen molar-refractivity contribution < 1.29 is 13.2 Å². The Morgan fingerprint density at radius 3 is 2.76 bits per heavy atom. The van der Waals surface area contributed by atoms with E-state index >= 15 is 0 Å². The molecule has 25 heavy (non-hydrogen) atoms. The van der Waals surface area contributed by atoms with E-state index in [-0.39, 0.29) is 12.3 Å². The van der Waals surface area contributed by atoms with Crippen molar-refractivity contribution in [3.8, 4) is 6.07 Å². The Labute approximate surface area is 145 Å². The van der Waals surface area contributed by atoms with Crippen LogP contribution >= 0.6 is 0 Å². The van der Waals surface area contributed by atoms with Crippen LogP contribution in [-0.2, 0) is 14.8 Å². The summed E-state index contributed by atoms with van der Waals surface area (Å²) in [5.41, 5.74) is 2.99. The number of aliphatic imine (C=N–C) groups is 1. The van der Waals surface area contributed by atoms with Crippen LogP contribution in [0.1, 0.15) is 17.5 Å². The first kappa shape index (κ1) is 16.7. The lowest BCUT2D eigenvalue weighted by molar-refractivity contribution is -0.115. The highest BCUT2D eigenvalue weighted by molar-refractivity contribution is 7.92. The van der Waals surface area contributed by atoms with Gasteiger partial charge in [-0.1, -0.05) is 12.1 Å². The third-order valence-electron chi connectivity index (χ3n) is 3.48. The van der Waals surface area contributed by atoms with E-state index < -0.39 is 10.0 Å². The third-order valence-corrected chi connectivity index (χ3v) is 4.09. The van der Waals surface area contributed by atoms with Gasteiger partial charge >= 0.3 is 0 Å². The van der Waals surface area contributed by atoms with Crippen molar-refractivity contribution in [2.75, 3.05) is 16.3 Å². The van der Waals surface area contributed by atoms with Crippen LogP contribution in [0.15, 0.2) is 47.5 Å². The molecule has 0 aromatic heterocycles. The zero-order valence-corrected chi connectivity index (χ0v) is 14.1. The molecule has 1 aliphatic heterocycles. The number of hydrogen-bond donors (Lipinski definition) is 2. The molecule has 0 fully saturated rings. The molecule has 1 aliphatic rings. The monoisotopic (exact) mass is 354 g/mol. The SMILES string of the molecule is CS(=O)(=O)Nc1ccc2c(c1)NC(=O)CC(c1cccc(C#N)c1)=N2. The predicted molar refractivity (Wildman–Crippen MR) is 95.5 cm³/mol. The molecule has 2 N–H and O–H groups in total. The van der Waals surface area contributed by atoms with Gasteiger partial charge in [0.05, 0.1) is 47.1 Å². The molecule has 0 unspecified atom stereocenters. The second-order valence-corrected chi connectivity index (χ2v) is 7.33. The first-order valence-corrected chi connectivity index (χ1v) is 9.23. The minimum atomic E-state index is -3.42. The number of nitriles is 1. The number of benzene rings is 2. The summed E-state index contributed by atoms with van der Waals surface area (Å²) in [6, 6.07) is 13.7. The fourth-order valence-electron chi connectivity index (χ4n) is 2.48. The lowest BCUT2D eigenvalue weighted by Crippen LogP contribution is -2.15. The van der Waals surface area contributed by atoms with Crippen molar-refractivity contribution in [3.05, 3.63) is 53.6 Å². The Bertz CT molecular complexity index is 1040. The molecule has 1 heterocycles. The van der Waals surface area contributed by atoms with Crippen molar-refractivity contribution in [1.82, 2.24) is 0 Å². The zero-order valence-electron chi connectivity index (χ0n) is 13.3. The van der Waals surface area contributed by atoms with Crippen LogP contribution in [0.4, 0.5) is 17.1 Å². The Balaban J connectivity index is 2.04. The maximum absolute atomic E-state index is 12.2. The number of nitrogens with zero attached hydrogens (tertiary/aromatic N) is 2. The minimum absolute atomic E-state index is 0.0540. The van der Waals surface area contributed by atoms with E-state index in [1.807, 2.05) is 0 Å². The number of carbonyl (C=O) groups is 1. The standard InChI is InChI=1S/C17H14N4O3S/c1-25(23,24)21-13-5-6-14-16(8-13)20-17(22)9-15(19-14)12-4-2-3-11(7-12)10-18/h2-8,21H,9H2,1H3,(H,20,22). The van der Waals surface area contributed by atoms with Gasteiger partial charge < -0.3 is 5.32 Å². The van der Waals surface area contributed by atoms with Gasteiger partial charge in [-0.3, -0.25) is 14.5 Å². The number of carbonyl (C=O) groups excluding carboxylic acids is 1. The number of nitrogens with one attached hydrogen (secondary N) is 2. The molecular formula is C17H14N4O3S. The fourth-order valence-corrected chi connectivity index (χ4v) is 3.03. The molecule has 3 rings (SSSR count). The minimum Gasteiger partial charge on any atom is -0.324 e. The second kappa shape index (κ2) is 6.37. The summed E-state index contributed by atoms with van der Waals surface area (Å²) in [7, 11) is -3.42. The summed E-state index contributed by atoms with van der Waals surface area (Å²) in [6.07, 6.45) is 1.11. The van der Waals surface area contributed by atoms with Crippen molar-refractivity contribution in [2.45, 2.75) is 6.42 Å².